The molecular weight excluding hydrogens is 268 g/mol. The minimum atomic E-state index is -1.31. The van der Waals surface area contributed by atoms with E-state index in [0.29, 0.717) is 0 Å². The van der Waals surface area contributed by atoms with Crippen molar-refractivity contribution in [3.05, 3.63) is 34.9 Å². The number of carbonyl (C=O) groups excluding carboxylic acids is 2. The molecule has 0 saturated heterocycles. The van der Waals surface area contributed by atoms with Gasteiger partial charge in [-0.1, -0.05) is 23.8 Å². The van der Waals surface area contributed by atoms with Crippen LogP contribution in [0.4, 0.5) is 0 Å². The summed E-state index contributed by atoms with van der Waals surface area (Å²) >= 11 is 0. The maximum atomic E-state index is 12.3. The molecule has 0 unspecified atom stereocenters. The fourth-order valence-electron chi connectivity index (χ4n) is 2.18. The molecule has 0 amide bonds. The predicted octanol–water partition coefficient (Wildman–Crippen LogP) is 2.98. The van der Waals surface area contributed by atoms with Gasteiger partial charge in [-0.15, -0.1) is 0 Å². The third-order valence-corrected chi connectivity index (χ3v) is 3.50. The summed E-state index contributed by atoms with van der Waals surface area (Å²) in [6.07, 6.45) is 0.276. The second kappa shape index (κ2) is 7.25. The molecule has 0 aliphatic heterocycles. The molecule has 21 heavy (non-hydrogen) atoms. The lowest BCUT2D eigenvalue weighted by atomic mass is 9.82. The summed E-state index contributed by atoms with van der Waals surface area (Å²) in [5.74, 6) is -1.08. The first-order valence-corrected chi connectivity index (χ1v) is 7.25. The highest BCUT2D eigenvalue weighted by atomic mass is 16.6. The van der Waals surface area contributed by atoms with Gasteiger partial charge < -0.3 is 9.47 Å². The molecule has 0 atom stereocenters. The second-order valence-electron chi connectivity index (χ2n) is 5.38. The Labute approximate surface area is 126 Å². The zero-order chi connectivity index (χ0) is 16.0. The Hall–Kier alpha value is -1.84. The van der Waals surface area contributed by atoms with E-state index in [0.717, 1.165) is 16.7 Å². The van der Waals surface area contributed by atoms with Crippen LogP contribution in [0.15, 0.2) is 18.2 Å². The number of ether oxygens (including phenoxy) is 2. The van der Waals surface area contributed by atoms with Crippen molar-refractivity contribution >= 4 is 11.9 Å². The van der Waals surface area contributed by atoms with Crippen LogP contribution in [0.25, 0.3) is 0 Å². The number of carbonyl (C=O) groups is 2. The molecule has 0 aliphatic rings. The van der Waals surface area contributed by atoms with Gasteiger partial charge in [0, 0.05) is 0 Å². The smallest absolute Gasteiger partial charge is 0.323 e. The summed E-state index contributed by atoms with van der Waals surface area (Å²) in [7, 11) is 0. The van der Waals surface area contributed by atoms with Crippen molar-refractivity contribution in [3.8, 4) is 0 Å². The first kappa shape index (κ1) is 17.2. The van der Waals surface area contributed by atoms with Crippen LogP contribution < -0.4 is 0 Å². The van der Waals surface area contributed by atoms with E-state index in [2.05, 4.69) is 0 Å². The molecule has 0 bridgehead atoms. The fraction of sp³-hybridized carbons (Fsp3) is 0.529. The first-order valence-electron chi connectivity index (χ1n) is 7.25. The molecule has 0 heterocycles. The topological polar surface area (TPSA) is 52.6 Å². The quantitative estimate of drug-likeness (QED) is 0.597. The lowest BCUT2D eigenvalue weighted by Gasteiger charge is -2.25. The molecule has 116 valence electrons. The molecule has 0 saturated carbocycles. The van der Waals surface area contributed by atoms with Crippen molar-refractivity contribution in [1.29, 1.82) is 0 Å². The lowest BCUT2D eigenvalue weighted by molar-refractivity contribution is -0.170. The highest BCUT2D eigenvalue weighted by Gasteiger charge is 2.44. The van der Waals surface area contributed by atoms with Crippen LogP contribution in [0, 0.1) is 19.3 Å². The minimum Gasteiger partial charge on any atom is -0.465 e. The van der Waals surface area contributed by atoms with Gasteiger partial charge in [0.05, 0.1) is 13.2 Å². The van der Waals surface area contributed by atoms with Gasteiger partial charge in [-0.05, 0) is 52.2 Å². The number of rotatable bonds is 6. The Morgan fingerprint density at radius 1 is 1.05 bits per heavy atom. The molecule has 0 aromatic heterocycles. The highest BCUT2D eigenvalue weighted by molar-refractivity contribution is 6.00. The number of benzene rings is 1. The SMILES string of the molecule is CCOC(=O)C(C)(Cc1cc(C)ccc1C)C(=O)OCC. The Balaban J connectivity index is 3.15. The first-order chi connectivity index (χ1) is 9.85. The van der Waals surface area contributed by atoms with E-state index < -0.39 is 17.4 Å². The normalized spacial score (nSPS) is 11.1. The molecule has 1 aromatic rings. The molecule has 1 aromatic carbocycles. The van der Waals surface area contributed by atoms with Crippen LogP contribution in [0.1, 0.15) is 37.5 Å². The summed E-state index contributed by atoms with van der Waals surface area (Å²) in [6, 6.07) is 5.98. The van der Waals surface area contributed by atoms with Crippen molar-refractivity contribution in [2.45, 2.75) is 41.0 Å². The third-order valence-electron chi connectivity index (χ3n) is 3.50. The van der Waals surface area contributed by atoms with Crippen LogP contribution >= 0.6 is 0 Å². The van der Waals surface area contributed by atoms with Crippen LogP contribution in [0.2, 0.25) is 0 Å². The summed E-state index contributed by atoms with van der Waals surface area (Å²) in [5, 5.41) is 0. The number of aryl methyl sites for hydroxylation is 2. The average Bonchev–Trinajstić information content (AvgIpc) is 2.43. The second-order valence-corrected chi connectivity index (χ2v) is 5.38. The summed E-state index contributed by atoms with van der Waals surface area (Å²) in [5.41, 5.74) is 1.77. The summed E-state index contributed by atoms with van der Waals surface area (Å²) in [6.45, 7) is 9.45. The van der Waals surface area contributed by atoms with Crippen LogP contribution in [-0.2, 0) is 25.5 Å². The van der Waals surface area contributed by atoms with Gasteiger partial charge in [0.25, 0.3) is 0 Å². The van der Waals surface area contributed by atoms with E-state index in [1.807, 2.05) is 32.0 Å². The Morgan fingerprint density at radius 3 is 2.05 bits per heavy atom. The van der Waals surface area contributed by atoms with E-state index >= 15 is 0 Å². The Bertz CT molecular complexity index is 502. The standard InChI is InChI=1S/C17H24O4/c1-6-20-15(18)17(5,16(19)21-7-2)11-14-10-12(3)8-9-13(14)4/h8-10H,6-7,11H2,1-5H3. The van der Waals surface area contributed by atoms with Crippen molar-refractivity contribution in [1.82, 2.24) is 0 Å². The molecule has 0 aliphatic carbocycles. The number of esters is 2. The van der Waals surface area contributed by atoms with Crippen molar-refractivity contribution in [2.75, 3.05) is 13.2 Å². The molecule has 0 radical (unpaired) electrons. The van der Waals surface area contributed by atoms with Crippen molar-refractivity contribution < 1.29 is 19.1 Å². The molecule has 0 spiro atoms. The molecule has 4 nitrogen and oxygen atoms in total. The Kier molecular flexibility index (Phi) is 5.94. The summed E-state index contributed by atoms with van der Waals surface area (Å²) in [4.78, 5) is 24.5. The van der Waals surface area contributed by atoms with E-state index in [1.165, 1.54) is 0 Å². The molecule has 0 N–H and O–H groups in total. The van der Waals surface area contributed by atoms with Gasteiger partial charge in [-0.25, -0.2) is 0 Å². The largest absolute Gasteiger partial charge is 0.465 e. The van der Waals surface area contributed by atoms with Gasteiger partial charge in [0.1, 0.15) is 0 Å². The monoisotopic (exact) mass is 292 g/mol. The maximum absolute atomic E-state index is 12.3. The van der Waals surface area contributed by atoms with Crippen LogP contribution in [0.3, 0.4) is 0 Å². The van der Waals surface area contributed by atoms with Gasteiger partial charge >= 0.3 is 11.9 Å². The summed E-state index contributed by atoms with van der Waals surface area (Å²) < 4.78 is 10.2. The third kappa shape index (κ3) is 4.06. The zero-order valence-corrected chi connectivity index (χ0v) is 13.5. The van der Waals surface area contributed by atoms with E-state index in [-0.39, 0.29) is 19.6 Å². The number of hydrogen-bond donors (Lipinski definition) is 0. The fourth-order valence-corrected chi connectivity index (χ4v) is 2.18. The predicted molar refractivity (Wildman–Crippen MR) is 81.0 cm³/mol. The van der Waals surface area contributed by atoms with Gasteiger partial charge in [-0.2, -0.15) is 0 Å². The Morgan fingerprint density at radius 2 is 1.57 bits per heavy atom. The van der Waals surface area contributed by atoms with E-state index in [1.54, 1.807) is 20.8 Å². The molecule has 0 fully saturated rings. The van der Waals surface area contributed by atoms with Gasteiger partial charge in [0.15, 0.2) is 5.41 Å². The lowest BCUT2D eigenvalue weighted by Crippen LogP contribution is -2.41. The van der Waals surface area contributed by atoms with E-state index in [9.17, 15) is 9.59 Å². The molecule has 1 rings (SSSR count). The van der Waals surface area contributed by atoms with E-state index in [4.69, 9.17) is 9.47 Å². The van der Waals surface area contributed by atoms with Crippen molar-refractivity contribution in [3.63, 3.8) is 0 Å². The molecular formula is C17H24O4. The van der Waals surface area contributed by atoms with Crippen LogP contribution in [-0.4, -0.2) is 25.2 Å². The average molecular weight is 292 g/mol. The highest BCUT2D eigenvalue weighted by Crippen LogP contribution is 2.28. The minimum absolute atomic E-state index is 0.237. The molecule has 4 heteroatoms. The van der Waals surface area contributed by atoms with Gasteiger partial charge in [0.2, 0.25) is 0 Å². The van der Waals surface area contributed by atoms with Gasteiger partial charge in [-0.3, -0.25) is 9.59 Å². The van der Waals surface area contributed by atoms with Crippen molar-refractivity contribution in [2.24, 2.45) is 5.41 Å². The zero-order valence-electron chi connectivity index (χ0n) is 13.5. The van der Waals surface area contributed by atoms with Crippen LogP contribution in [0.5, 0.6) is 0 Å². The maximum Gasteiger partial charge on any atom is 0.323 e. The number of hydrogen-bond acceptors (Lipinski definition) is 4.